The summed E-state index contributed by atoms with van der Waals surface area (Å²) in [6.45, 7) is 0.801. The van der Waals surface area contributed by atoms with Gasteiger partial charge in [-0.15, -0.1) is 6.42 Å². The third-order valence-corrected chi connectivity index (χ3v) is 3.20. The Bertz CT molecular complexity index is 683. The third kappa shape index (κ3) is 5.90. The highest BCUT2D eigenvalue weighted by Gasteiger charge is 2.05. The van der Waals surface area contributed by atoms with Gasteiger partial charge in [-0.3, -0.25) is 0 Å². The predicted molar refractivity (Wildman–Crippen MR) is 89.3 cm³/mol. The Kier molecular flexibility index (Phi) is 7.06. The molecule has 2 aromatic carbocycles. The fraction of sp³-hybridized carbons (Fsp3) is 0.263. The minimum absolute atomic E-state index is 0.223. The summed E-state index contributed by atoms with van der Waals surface area (Å²) in [7, 11) is 0. The van der Waals surface area contributed by atoms with Crippen molar-refractivity contribution in [3.63, 3.8) is 0 Å². The van der Waals surface area contributed by atoms with E-state index in [9.17, 15) is 8.78 Å². The minimum atomic E-state index is -2.48. The van der Waals surface area contributed by atoms with E-state index in [1.54, 1.807) is 18.2 Å². The SMILES string of the molecule is C#CCOc1ccccc1CNCc1cccc(OCC(F)F)c1. The second-order valence-corrected chi connectivity index (χ2v) is 5.05. The summed E-state index contributed by atoms with van der Waals surface area (Å²) in [5.41, 5.74) is 1.95. The molecule has 0 spiro atoms. The van der Waals surface area contributed by atoms with Crippen LogP contribution in [-0.4, -0.2) is 19.6 Å². The molecule has 0 unspecified atom stereocenters. The van der Waals surface area contributed by atoms with Crippen LogP contribution in [0.3, 0.4) is 0 Å². The van der Waals surface area contributed by atoms with Crippen LogP contribution in [0.2, 0.25) is 0 Å². The summed E-state index contributed by atoms with van der Waals surface area (Å²) in [5, 5.41) is 3.29. The van der Waals surface area contributed by atoms with E-state index in [0.29, 0.717) is 18.8 Å². The molecule has 0 aliphatic carbocycles. The topological polar surface area (TPSA) is 30.5 Å². The summed E-state index contributed by atoms with van der Waals surface area (Å²) in [4.78, 5) is 0. The van der Waals surface area contributed by atoms with Crippen molar-refractivity contribution in [1.82, 2.24) is 5.32 Å². The highest BCUT2D eigenvalue weighted by molar-refractivity contribution is 5.34. The van der Waals surface area contributed by atoms with Crippen LogP contribution in [0.5, 0.6) is 11.5 Å². The largest absolute Gasteiger partial charge is 0.488 e. The molecule has 0 radical (unpaired) electrons. The fourth-order valence-corrected chi connectivity index (χ4v) is 2.16. The summed E-state index contributed by atoms with van der Waals surface area (Å²) in [5.74, 6) is 3.63. The first-order chi connectivity index (χ1) is 11.7. The Morgan fingerprint density at radius 1 is 1.04 bits per heavy atom. The number of hydrogen-bond acceptors (Lipinski definition) is 3. The molecule has 0 saturated heterocycles. The maximum Gasteiger partial charge on any atom is 0.272 e. The highest BCUT2D eigenvalue weighted by Crippen LogP contribution is 2.18. The minimum Gasteiger partial charge on any atom is -0.488 e. The fourth-order valence-electron chi connectivity index (χ4n) is 2.16. The molecule has 24 heavy (non-hydrogen) atoms. The van der Waals surface area contributed by atoms with Gasteiger partial charge in [0.15, 0.2) is 0 Å². The summed E-state index contributed by atoms with van der Waals surface area (Å²) in [6.07, 6.45) is 2.73. The summed E-state index contributed by atoms with van der Waals surface area (Å²) in [6, 6.07) is 14.7. The van der Waals surface area contributed by atoms with Gasteiger partial charge >= 0.3 is 0 Å². The number of benzene rings is 2. The molecule has 0 aromatic heterocycles. The lowest BCUT2D eigenvalue weighted by Crippen LogP contribution is -2.14. The van der Waals surface area contributed by atoms with Crippen molar-refractivity contribution >= 4 is 0 Å². The highest BCUT2D eigenvalue weighted by atomic mass is 19.3. The predicted octanol–water partition coefficient (Wildman–Crippen LogP) is 3.63. The Balaban J connectivity index is 1.88. The molecule has 1 N–H and O–H groups in total. The zero-order valence-corrected chi connectivity index (χ0v) is 13.2. The molecule has 3 nitrogen and oxygen atoms in total. The van der Waals surface area contributed by atoms with Gasteiger partial charge in [0.2, 0.25) is 0 Å². The van der Waals surface area contributed by atoms with E-state index >= 15 is 0 Å². The van der Waals surface area contributed by atoms with Gasteiger partial charge in [-0.05, 0) is 23.8 Å². The van der Waals surface area contributed by atoms with Crippen LogP contribution in [-0.2, 0) is 13.1 Å². The molecule has 126 valence electrons. The van der Waals surface area contributed by atoms with Crippen LogP contribution < -0.4 is 14.8 Å². The van der Waals surface area contributed by atoms with E-state index in [0.717, 1.165) is 16.9 Å². The van der Waals surface area contributed by atoms with Crippen molar-refractivity contribution in [2.75, 3.05) is 13.2 Å². The molecule has 0 atom stereocenters. The normalized spacial score (nSPS) is 10.4. The average molecular weight is 331 g/mol. The summed E-state index contributed by atoms with van der Waals surface area (Å²) >= 11 is 0. The third-order valence-electron chi connectivity index (χ3n) is 3.20. The van der Waals surface area contributed by atoms with Gasteiger partial charge in [-0.1, -0.05) is 36.3 Å². The molecule has 2 aromatic rings. The van der Waals surface area contributed by atoms with Crippen LogP contribution in [0.4, 0.5) is 8.78 Å². The lowest BCUT2D eigenvalue weighted by Gasteiger charge is -2.11. The zero-order chi connectivity index (χ0) is 17.2. The summed E-state index contributed by atoms with van der Waals surface area (Å²) < 4.78 is 34.9. The Morgan fingerprint density at radius 3 is 2.67 bits per heavy atom. The van der Waals surface area contributed by atoms with Crippen molar-refractivity contribution in [2.24, 2.45) is 0 Å². The maximum absolute atomic E-state index is 12.2. The molecule has 0 heterocycles. The number of alkyl halides is 2. The van der Waals surface area contributed by atoms with Gasteiger partial charge in [-0.2, -0.15) is 0 Å². The van der Waals surface area contributed by atoms with E-state index in [-0.39, 0.29) is 6.61 Å². The smallest absolute Gasteiger partial charge is 0.272 e. The number of terminal acetylenes is 1. The standard InChI is InChI=1S/C19H19F2NO2/c1-2-10-23-18-9-4-3-7-16(18)13-22-12-15-6-5-8-17(11-15)24-14-19(20)21/h1,3-9,11,19,22H,10,12-14H2. The van der Waals surface area contributed by atoms with Crippen molar-refractivity contribution in [2.45, 2.75) is 19.5 Å². The molecule has 0 saturated carbocycles. The van der Waals surface area contributed by atoms with E-state index in [1.807, 2.05) is 30.3 Å². The first kappa shape index (κ1) is 17.8. The van der Waals surface area contributed by atoms with E-state index < -0.39 is 13.0 Å². The van der Waals surface area contributed by atoms with Crippen LogP contribution in [0.25, 0.3) is 0 Å². The molecule has 0 fully saturated rings. The molecular weight excluding hydrogens is 312 g/mol. The number of rotatable bonds is 9. The second kappa shape index (κ2) is 9.53. The van der Waals surface area contributed by atoms with Crippen LogP contribution >= 0.6 is 0 Å². The molecule has 0 amide bonds. The second-order valence-electron chi connectivity index (χ2n) is 5.05. The van der Waals surface area contributed by atoms with Crippen LogP contribution in [0.1, 0.15) is 11.1 Å². The zero-order valence-electron chi connectivity index (χ0n) is 13.2. The molecule has 0 aliphatic heterocycles. The molecular formula is C19H19F2NO2. The van der Waals surface area contributed by atoms with Gasteiger partial charge in [0, 0.05) is 18.7 Å². The molecule has 0 aliphatic rings. The van der Waals surface area contributed by atoms with Gasteiger partial charge in [-0.25, -0.2) is 8.78 Å². The van der Waals surface area contributed by atoms with E-state index in [2.05, 4.69) is 11.2 Å². The number of para-hydroxylation sites is 1. The van der Waals surface area contributed by atoms with Gasteiger partial charge in [0.05, 0.1) is 0 Å². The van der Waals surface area contributed by atoms with Crippen molar-refractivity contribution in [3.05, 3.63) is 59.7 Å². The first-order valence-corrected chi connectivity index (χ1v) is 7.54. The van der Waals surface area contributed by atoms with Gasteiger partial charge in [0.1, 0.15) is 24.7 Å². The van der Waals surface area contributed by atoms with Crippen molar-refractivity contribution < 1.29 is 18.3 Å². The number of halogens is 2. The number of ether oxygens (including phenoxy) is 2. The van der Waals surface area contributed by atoms with Crippen LogP contribution in [0.15, 0.2) is 48.5 Å². The quantitative estimate of drug-likeness (QED) is 0.712. The Morgan fingerprint density at radius 2 is 1.88 bits per heavy atom. The lowest BCUT2D eigenvalue weighted by molar-refractivity contribution is 0.0818. The molecule has 2 rings (SSSR count). The van der Waals surface area contributed by atoms with Crippen LogP contribution in [0, 0.1) is 12.3 Å². The molecule has 5 heteroatoms. The maximum atomic E-state index is 12.2. The van der Waals surface area contributed by atoms with Crippen molar-refractivity contribution in [1.29, 1.82) is 0 Å². The molecule has 0 bridgehead atoms. The monoisotopic (exact) mass is 331 g/mol. The van der Waals surface area contributed by atoms with E-state index in [4.69, 9.17) is 15.9 Å². The van der Waals surface area contributed by atoms with E-state index in [1.165, 1.54) is 0 Å². The average Bonchev–Trinajstić information content (AvgIpc) is 2.59. The van der Waals surface area contributed by atoms with Gasteiger partial charge in [0.25, 0.3) is 6.43 Å². The van der Waals surface area contributed by atoms with Crippen molar-refractivity contribution in [3.8, 4) is 23.8 Å². The number of hydrogen-bond donors (Lipinski definition) is 1. The number of nitrogens with one attached hydrogen (secondary N) is 1. The lowest BCUT2D eigenvalue weighted by atomic mass is 10.2. The Hall–Kier alpha value is -2.58. The van der Waals surface area contributed by atoms with Gasteiger partial charge < -0.3 is 14.8 Å². The first-order valence-electron chi connectivity index (χ1n) is 7.54. The Labute approximate surface area is 140 Å².